The molecule has 0 bridgehead atoms. The van der Waals surface area contributed by atoms with Gasteiger partial charge in [-0.3, -0.25) is 0 Å². The third-order valence-corrected chi connectivity index (χ3v) is 11.2. The van der Waals surface area contributed by atoms with Gasteiger partial charge in [-0.15, -0.1) is 0 Å². The van der Waals surface area contributed by atoms with Gasteiger partial charge < -0.3 is 0 Å². The molecule has 2 nitrogen and oxygen atoms in total. The Labute approximate surface area is 161 Å². The Morgan fingerprint density at radius 2 is 0.846 bits per heavy atom. The van der Waals surface area contributed by atoms with Crippen LogP contribution in [-0.4, -0.2) is 26.3 Å². The normalized spacial score (nSPS) is 10.9. The van der Waals surface area contributed by atoms with Crippen LogP contribution in [0.25, 0.3) is 21.5 Å². The molecule has 126 valence electrons. The van der Waals surface area contributed by atoms with E-state index in [2.05, 4.69) is 0 Å². The van der Waals surface area contributed by atoms with E-state index in [0.717, 1.165) is 30.5 Å². The Balaban J connectivity index is 1.74. The van der Waals surface area contributed by atoms with Crippen molar-refractivity contribution in [2.45, 2.75) is 0 Å². The van der Waals surface area contributed by atoms with E-state index in [4.69, 9.17) is 0 Å². The maximum atomic E-state index is 12.5. The van der Waals surface area contributed by atoms with E-state index in [0.29, 0.717) is 0 Å². The second-order valence-corrected chi connectivity index (χ2v) is 12.0. The van der Waals surface area contributed by atoms with E-state index < -0.39 is 0 Å². The zero-order valence-corrected chi connectivity index (χ0v) is 17.1. The molecule has 26 heavy (non-hydrogen) atoms. The minimum atomic E-state index is -0.0412. The van der Waals surface area contributed by atoms with Gasteiger partial charge in [-0.2, -0.15) is 0 Å². The van der Waals surface area contributed by atoms with Crippen LogP contribution in [0.3, 0.4) is 0 Å². The summed E-state index contributed by atoms with van der Waals surface area (Å²) in [5.41, 5.74) is 0.112. The van der Waals surface area contributed by atoms with Gasteiger partial charge in [-0.05, 0) is 0 Å². The molecule has 0 atom stereocenters. The summed E-state index contributed by atoms with van der Waals surface area (Å²) in [6.45, 7) is 0. The van der Waals surface area contributed by atoms with Crippen molar-refractivity contribution in [3.8, 4) is 0 Å². The zero-order chi connectivity index (χ0) is 17.9. The minimum absolute atomic E-state index is 0.0412. The predicted octanol–water partition coefficient (Wildman–Crippen LogP) is 1.99. The Bertz CT molecular complexity index is 1140. The van der Waals surface area contributed by atoms with Crippen molar-refractivity contribution >= 4 is 56.7 Å². The van der Waals surface area contributed by atoms with Gasteiger partial charge in [-0.25, -0.2) is 0 Å². The third-order valence-electron chi connectivity index (χ3n) is 4.10. The molecule has 0 aliphatic carbocycles. The van der Waals surface area contributed by atoms with Crippen LogP contribution in [0.4, 0.5) is 0 Å². The Morgan fingerprint density at radius 3 is 1.27 bits per heavy atom. The molecule has 4 heteroatoms. The molecule has 0 heterocycles. The Hall–Kier alpha value is -2.22. The summed E-state index contributed by atoms with van der Waals surface area (Å²) < 4.78 is 1.66. The van der Waals surface area contributed by atoms with E-state index in [1.165, 1.54) is 0 Å². The second kappa shape index (κ2) is 7.57. The molecular weight excluding hydrogens is 454 g/mol. The van der Waals surface area contributed by atoms with Crippen LogP contribution in [0.1, 0.15) is 0 Å². The Morgan fingerprint density at radius 1 is 0.462 bits per heavy atom. The van der Waals surface area contributed by atoms with E-state index >= 15 is 0 Å². The van der Waals surface area contributed by atoms with Gasteiger partial charge in [0.1, 0.15) is 0 Å². The van der Waals surface area contributed by atoms with Crippen molar-refractivity contribution in [2.24, 2.45) is 0 Å². The standard InChI is InChI=1S/C22H14O2Se2/c23-19-11-9-15-5-1-3-7-17(15)13-21(19)25-26-22-14-18-8-4-2-6-16(18)10-12-20(22)24/h1-14H. The van der Waals surface area contributed by atoms with Gasteiger partial charge in [0.05, 0.1) is 0 Å². The summed E-state index contributed by atoms with van der Waals surface area (Å²) in [7, 11) is 0. The first-order chi connectivity index (χ1) is 12.7. The number of rotatable bonds is 3. The van der Waals surface area contributed by atoms with Crippen molar-refractivity contribution in [2.75, 3.05) is 0 Å². The summed E-state index contributed by atoms with van der Waals surface area (Å²) in [6, 6.07) is 27.0. The molecule has 4 aromatic carbocycles. The monoisotopic (exact) mass is 470 g/mol. The van der Waals surface area contributed by atoms with Gasteiger partial charge >= 0.3 is 162 Å². The fourth-order valence-electron chi connectivity index (χ4n) is 2.73. The molecule has 0 spiro atoms. The van der Waals surface area contributed by atoms with E-state index in [1.54, 1.807) is 12.1 Å². The fourth-order valence-corrected chi connectivity index (χ4v) is 9.27. The van der Waals surface area contributed by atoms with Gasteiger partial charge in [0.15, 0.2) is 0 Å². The van der Waals surface area contributed by atoms with Crippen molar-refractivity contribution in [3.05, 3.63) is 105 Å². The quantitative estimate of drug-likeness (QED) is 0.432. The molecule has 0 amide bonds. The first kappa shape index (κ1) is 17.2. The average Bonchev–Trinajstić information content (AvgIpc) is 2.93. The predicted molar refractivity (Wildman–Crippen MR) is 111 cm³/mol. The van der Waals surface area contributed by atoms with Crippen LogP contribution in [0, 0.1) is 0 Å². The van der Waals surface area contributed by atoms with Gasteiger partial charge in [0.25, 0.3) is 0 Å². The number of benzene rings is 2. The van der Waals surface area contributed by atoms with Crippen molar-refractivity contribution in [3.63, 3.8) is 0 Å². The molecule has 0 saturated carbocycles. The number of hydrogen-bond donors (Lipinski definition) is 0. The van der Waals surface area contributed by atoms with Crippen molar-refractivity contribution < 1.29 is 0 Å². The molecule has 0 aromatic heterocycles. The van der Waals surface area contributed by atoms with Crippen LogP contribution >= 0.6 is 0 Å². The molecule has 0 aliphatic rings. The maximum absolute atomic E-state index is 12.5. The summed E-state index contributed by atoms with van der Waals surface area (Å²) in [4.78, 5) is 24.9. The Kier molecular flexibility index (Phi) is 5.01. The molecule has 0 fully saturated rings. The molecule has 0 radical (unpaired) electrons. The van der Waals surface area contributed by atoms with Crippen LogP contribution in [0.5, 0.6) is 0 Å². The number of fused-ring (bicyclic) bond motifs is 2. The molecule has 0 N–H and O–H groups in total. The first-order valence-electron chi connectivity index (χ1n) is 8.11. The zero-order valence-electron chi connectivity index (χ0n) is 13.7. The van der Waals surface area contributed by atoms with Gasteiger partial charge in [-0.1, -0.05) is 0 Å². The van der Waals surface area contributed by atoms with Crippen molar-refractivity contribution in [1.29, 1.82) is 0 Å². The first-order valence-corrected chi connectivity index (χ1v) is 14.2. The van der Waals surface area contributed by atoms with E-state index in [9.17, 15) is 9.59 Å². The third kappa shape index (κ3) is 3.65. The topological polar surface area (TPSA) is 34.1 Å². The number of hydrogen-bond acceptors (Lipinski definition) is 2. The van der Waals surface area contributed by atoms with Gasteiger partial charge in [0, 0.05) is 0 Å². The molecule has 4 aromatic rings. The van der Waals surface area contributed by atoms with E-state index in [1.807, 2.05) is 72.8 Å². The molecule has 4 rings (SSSR count). The van der Waals surface area contributed by atoms with Crippen LogP contribution in [0.2, 0.25) is 0 Å². The summed E-state index contributed by atoms with van der Waals surface area (Å²) in [5, 5.41) is 4.24. The summed E-state index contributed by atoms with van der Waals surface area (Å²) >= 11 is -0.0824. The van der Waals surface area contributed by atoms with Crippen molar-refractivity contribution in [1.82, 2.24) is 0 Å². The molecule has 0 saturated heterocycles. The van der Waals surface area contributed by atoms with Crippen LogP contribution in [-0.2, 0) is 0 Å². The van der Waals surface area contributed by atoms with E-state index in [-0.39, 0.29) is 37.1 Å². The average molecular weight is 468 g/mol. The molecule has 0 aliphatic heterocycles. The van der Waals surface area contributed by atoms with Crippen LogP contribution < -0.4 is 19.8 Å². The molecular formula is C22H14O2Se2. The summed E-state index contributed by atoms with van der Waals surface area (Å²) in [5.74, 6) is 0. The summed E-state index contributed by atoms with van der Waals surface area (Å²) in [6.07, 6.45) is 0. The second-order valence-electron chi connectivity index (χ2n) is 5.84. The molecule has 0 unspecified atom stereocenters. The van der Waals surface area contributed by atoms with Crippen LogP contribution in [0.15, 0.2) is 94.5 Å². The SMILES string of the molecule is O=c1ccc2ccccc2cc1[Se][Se]c1cc2ccccc2ccc1=O. The fraction of sp³-hybridized carbons (Fsp3) is 0. The van der Waals surface area contributed by atoms with Gasteiger partial charge in [0.2, 0.25) is 0 Å².